The van der Waals surface area contributed by atoms with E-state index in [2.05, 4.69) is 10.3 Å². The molecule has 0 unspecified atom stereocenters. The van der Waals surface area contributed by atoms with Gasteiger partial charge < -0.3 is 15.0 Å². The third-order valence-electron chi connectivity index (χ3n) is 3.87. The fraction of sp³-hybridized carbons (Fsp3) is 0.333. The van der Waals surface area contributed by atoms with Crippen molar-refractivity contribution in [1.29, 1.82) is 0 Å². The molecule has 2 amide bonds. The van der Waals surface area contributed by atoms with Gasteiger partial charge in [0.15, 0.2) is 0 Å². The predicted octanol–water partition coefficient (Wildman–Crippen LogP) is 3.67. The SMILES string of the molecule is CN(Cc1ccncc1)C(=O)Nc1ccc(F)cc1OCC1CC1. The van der Waals surface area contributed by atoms with E-state index >= 15 is 0 Å². The van der Waals surface area contributed by atoms with E-state index in [0.29, 0.717) is 30.5 Å². The smallest absolute Gasteiger partial charge is 0.321 e. The number of nitrogens with one attached hydrogen (secondary N) is 1. The molecule has 1 aliphatic carbocycles. The first-order valence-electron chi connectivity index (χ1n) is 7.95. The van der Waals surface area contributed by atoms with Crippen molar-refractivity contribution in [2.75, 3.05) is 19.0 Å². The number of ether oxygens (including phenoxy) is 1. The summed E-state index contributed by atoms with van der Waals surface area (Å²) in [6.45, 7) is 1.01. The molecule has 0 spiro atoms. The molecule has 0 atom stereocenters. The van der Waals surface area contributed by atoms with Crippen LogP contribution in [-0.4, -0.2) is 29.6 Å². The highest BCUT2D eigenvalue weighted by molar-refractivity contribution is 5.90. The highest BCUT2D eigenvalue weighted by Gasteiger charge is 2.23. The largest absolute Gasteiger partial charge is 0.491 e. The van der Waals surface area contributed by atoms with Crippen LogP contribution < -0.4 is 10.1 Å². The van der Waals surface area contributed by atoms with Gasteiger partial charge in [-0.05, 0) is 48.6 Å². The molecule has 126 valence electrons. The van der Waals surface area contributed by atoms with Gasteiger partial charge in [-0.15, -0.1) is 0 Å². The van der Waals surface area contributed by atoms with Gasteiger partial charge in [0.25, 0.3) is 0 Å². The Hall–Kier alpha value is -2.63. The summed E-state index contributed by atoms with van der Waals surface area (Å²) >= 11 is 0. The van der Waals surface area contributed by atoms with Gasteiger partial charge in [-0.25, -0.2) is 9.18 Å². The van der Waals surface area contributed by atoms with Gasteiger partial charge in [0.1, 0.15) is 11.6 Å². The summed E-state index contributed by atoms with van der Waals surface area (Å²) in [5.41, 5.74) is 1.45. The van der Waals surface area contributed by atoms with Crippen LogP contribution in [0.5, 0.6) is 5.75 Å². The zero-order chi connectivity index (χ0) is 16.9. The first kappa shape index (κ1) is 16.2. The number of benzene rings is 1. The van der Waals surface area contributed by atoms with Gasteiger partial charge in [-0.3, -0.25) is 4.98 Å². The molecule has 0 radical (unpaired) electrons. The summed E-state index contributed by atoms with van der Waals surface area (Å²) in [5.74, 6) is 0.530. The van der Waals surface area contributed by atoms with Crippen LogP contribution in [0.2, 0.25) is 0 Å². The van der Waals surface area contributed by atoms with Crippen LogP contribution in [-0.2, 0) is 6.54 Å². The van der Waals surface area contributed by atoms with Gasteiger partial charge in [0.2, 0.25) is 0 Å². The number of pyridine rings is 1. The van der Waals surface area contributed by atoms with Gasteiger partial charge >= 0.3 is 6.03 Å². The second-order valence-electron chi connectivity index (χ2n) is 6.04. The second-order valence-corrected chi connectivity index (χ2v) is 6.04. The first-order chi connectivity index (χ1) is 11.6. The number of carbonyl (C=O) groups is 1. The molecule has 1 aliphatic rings. The summed E-state index contributed by atoms with van der Waals surface area (Å²) in [6.07, 6.45) is 5.66. The molecule has 1 heterocycles. The fourth-order valence-corrected chi connectivity index (χ4v) is 2.26. The Morgan fingerprint density at radius 2 is 2.08 bits per heavy atom. The Labute approximate surface area is 140 Å². The van der Waals surface area contributed by atoms with Gasteiger partial charge in [0, 0.05) is 32.1 Å². The third-order valence-corrected chi connectivity index (χ3v) is 3.87. The summed E-state index contributed by atoms with van der Waals surface area (Å²) in [7, 11) is 1.70. The van der Waals surface area contributed by atoms with E-state index in [0.717, 1.165) is 18.4 Å². The summed E-state index contributed by atoms with van der Waals surface area (Å²) in [6, 6.07) is 7.56. The molecule has 1 N–H and O–H groups in total. The van der Waals surface area contributed by atoms with Crippen molar-refractivity contribution in [3.05, 3.63) is 54.1 Å². The Bertz CT molecular complexity index is 705. The molecular weight excluding hydrogens is 309 g/mol. The lowest BCUT2D eigenvalue weighted by atomic mass is 10.2. The van der Waals surface area contributed by atoms with E-state index in [1.54, 1.807) is 24.3 Å². The number of halogens is 1. The number of amides is 2. The average molecular weight is 329 g/mol. The second kappa shape index (κ2) is 7.29. The zero-order valence-corrected chi connectivity index (χ0v) is 13.5. The molecule has 0 aliphatic heterocycles. The van der Waals surface area contributed by atoms with E-state index in [-0.39, 0.29) is 11.8 Å². The minimum Gasteiger partial charge on any atom is -0.491 e. The summed E-state index contributed by atoms with van der Waals surface area (Å²) in [4.78, 5) is 17.9. The standard InChI is InChI=1S/C18H20FN3O2/c1-22(11-13-6-8-20-9-7-13)18(23)21-16-5-4-15(19)10-17(16)24-12-14-2-3-14/h4-10,14H,2-3,11-12H2,1H3,(H,21,23). The minimum atomic E-state index is -0.385. The van der Waals surface area contributed by atoms with E-state index in [1.807, 2.05) is 12.1 Å². The molecule has 3 rings (SSSR count). The van der Waals surface area contributed by atoms with Crippen molar-refractivity contribution >= 4 is 11.7 Å². The highest BCUT2D eigenvalue weighted by atomic mass is 19.1. The Balaban J connectivity index is 1.64. The van der Waals surface area contributed by atoms with Crippen LogP contribution in [0.15, 0.2) is 42.7 Å². The number of anilines is 1. The first-order valence-corrected chi connectivity index (χ1v) is 7.95. The van der Waals surface area contributed by atoms with Crippen LogP contribution in [0, 0.1) is 11.7 Å². The lowest BCUT2D eigenvalue weighted by Crippen LogP contribution is -2.31. The lowest BCUT2D eigenvalue weighted by molar-refractivity contribution is 0.220. The van der Waals surface area contributed by atoms with Crippen molar-refractivity contribution in [3.8, 4) is 5.75 Å². The molecule has 2 aromatic rings. The maximum Gasteiger partial charge on any atom is 0.321 e. The molecule has 1 fully saturated rings. The van der Waals surface area contributed by atoms with Crippen LogP contribution in [0.3, 0.4) is 0 Å². The Morgan fingerprint density at radius 1 is 1.33 bits per heavy atom. The molecule has 1 aromatic carbocycles. The number of hydrogen-bond donors (Lipinski definition) is 1. The number of carbonyl (C=O) groups excluding carboxylic acids is 1. The molecule has 0 saturated heterocycles. The van der Waals surface area contributed by atoms with E-state index in [1.165, 1.54) is 18.2 Å². The Kier molecular flexibility index (Phi) is 4.93. The zero-order valence-electron chi connectivity index (χ0n) is 13.5. The van der Waals surface area contributed by atoms with Crippen LogP contribution >= 0.6 is 0 Å². The normalized spacial score (nSPS) is 13.4. The van der Waals surface area contributed by atoms with Gasteiger partial charge in [-0.1, -0.05) is 0 Å². The summed E-state index contributed by atoms with van der Waals surface area (Å²) in [5, 5.41) is 2.78. The molecular formula is C18H20FN3O2. The van der Waals surface area contributed by atoms with E-state index < -0.39 is 0 Å². The van der Waals surface area contributed by atoms with Crippen LogP contribution in [0.1, 0.15) is 18.4 Å². The van der Waals surface area contributed by atoms with Crippen LogP contribution in [0.4, 0.5) is 14.9 Å². The quantitative estimate of drug-likeness (QED) is 0.880. The molecule has 6 heteroatoms. The topological polar surface area (TPSA) is 54.5 Å². The predicted molar refractivity (Wildman–Crippen MR) is 89.3 cm³/mol. The third kappa shape index (κ3) is 4.44. The fourth-order valence-electron chi connectivity index (χ4n) is 2.26. The van der Waals surface area contributed by atoms with Crippen molar-refractivity contribution < 1.29 is 13.9 Å². The van der Waals surface area contributed by atoms with Crippen molar-refractivity contribution in [1.82, 2.24) is 9.88 Å². The number of rotatable bonds is 6. The van der Waals surface area contributed by atoms with Crippen LogP contribution in [0.25, 0.3) is 0 Å². The number of hydrogen-bond acceptors (Lipinski definition) is 3. The van der Waals surface area contributed by atoms with Gasteiger partial charge in [0.05, 0.1) is 12.3 Å². The maximum absolute atomic E-state index is 13.5. The molecule has 1 aromatic heterocycles. The van der Waals surface area contributed by atoms with E-state index in [9.17, 15) is 9.18 Å². The van der Waals surface area contributed by atoms with Crippen molar-refractivity contribution in [2.24, 2.45) is 5.92 Å². The number of aromatic nitrogens is 1. The lowest BCUT2D eigenvalue weighted by Gasteiger charge is -2.19. The monoisotopic (exact) mass is 329 g/mol. The number of nitrogens with zero attached hydrogens (tertiary/aromatic N) is 2. The van der Waals surface area contributed by atoms with E-state index in [4.69, 9.17) is 4.74 Å². The Morgan fingerprint density at radius 3 is 2.79 bits per heavy atom. The number of urea groups is 1. The molecule has 0 bridgehead atoms. The molecule has 1 saturated carbocycles. The van der Waals surface area contributed by atoms with Crippen molar-refractivity contribution in [2.45, 2.75) is 19.4 Å². The summed E-state index contributed by atoms with van der Waals surface area (Å²) < 4.78 is 19.1. The minimum absolute atomic E-state index is 0.283. The highest BCUT2D eigenvalue weighted by Crippen LogP contribution is 2.32. The van der Waals surface area contributed by atoms with Crippen molar-refractivity contribution in [3.63, 3.8) is 0 Å². The molecule has 5 nitrogen and oxygen atoms in total. The molecule has 24 heavy (non-hydrogen) atoms. The maximum atomic E-state index is 13.5. The average Bonchev–Trinajstić information content (AvgIpc) is 3.40. The van der Waals surface area contributed by atoms with Gasteiger partial charge in [-0.2, -0.15) is 0 Å².